The van der Waals surface area contributed by atoms with Crippen LogP contribution in [0.1, 0.15) is 32.3 Å². The van der Waals surface area contributed by atoms with Crippen LogP contribution in [0.2, 0.25) is 0 Å². The maximum atomic E-state index is 12.5. The summed E-state index contributed by atoms with van der Waals surface area (Å²) in [5.41, 5.74) is -1.87. The number of aromatic nitrogens is 2. The first-order chi connectivity index (χ1) is 8.47. The van der Waals surface area contributed by atoms with Crippen LogP contribution in [-0.4, -0.2) is 21.7 Å². The highest BCUT2D eigenvalue weighted by Crippen LogP contribution is 2.28. The number of ether oxygens (including phenoxy) is 1. The predicted octanol–water partition coefficient (Wildman–Crippen LogP) is 3.15. The first-order valence-corrected chi connectivity index (χ1v) is 5.40. The highest BCUT2D eigenvalue weighted by atomic mass is 19.4. The number of amides is 1. The number of anilines is 1. The smallest absolute Gasteiger partial charge is 0.433 e. The van der Waals surface area contributed by atoms with E-state index in [4.69, 9.17) is 4.74 Å². The first kappa shape index (κ1) is 15.2. The van der Waals surface area contributed by atoms with Crippen LogP contribution in [0.25, 0.3) is 0 Å². The maximum absolute atomic E-state index is 12.5. The number of nitrogens with one attached hydrogen (secondary N) is 1. The van der Waals surface area contributed by atoms with Gasteiger partial charge in [0.15, 0.2) is 0 Å². The molecule has 0 aliphatic heterocycles. The third-order valence-electron chi connectivity index (χ3n) is 1.76. The third kappa shape index (κ3) is 5.11. The first-order valence-electron chi connectivity index (χ1n) is 5.40. The lowest BCUT2D eigenvalue weighted by Gasteiger charge is -2.19. The molecule has 0 aromatic carbocycles. The summed E-state index contributed by atoms with van der Waals surface area (Å²) in [6.45, 7) is 6.21. The molecule has 0 aliphatic carbocycles. The Morgan fingerprint density at radius 1 is 1.26 bits per heavy atom. The van der Waals surface area contributed by atoms with E-state index in [0.717, 1.165) is 0 Å². The van der Waals surface area contributed by atoms with Gasteiger partial charge >= 0.3 is 12.3 Å². The summed E-state index contributed by atoms with van der Waals surface area (Å²) in [6.07, 6.45) is -5.48. The Morgan fingerprint density at radius 3 is 2.32 bits per heavy atom. The summed E-state index contributed by atoms with van der Waals surface area (Å²) in [5.74, 6) is -0.352. The van der Waals surface area contributed by atoms with E-state index in [1.165, 1.54) is 6.92 Å². The molecule has 106 valence electrons. The second-order valence-electron chi connectivity index (χ2n) is 4.81. The van der Waals surface area contributed by atoms with Gasteiger partial charge in [0.2, 0.25) is 0 Å². The van der Waals surface area contributed by atoms with E-state index in [1.54, 1.807) is 20.8 Å². The second-order valence-corrected chi connectivity index (χ2v) is 4.81. The van der Waals surface area contributed by atoms with Crippen molar-refractivity contribution in [2.45, 2.75) is 39.5 Å². The number of rotatable bonds is 1. The Hall–Kier alpha value is -1.86. The Labute approximate surface area is 108 Å². The number of hydrogen-bond donors (Lipinski definition) is 1. The van der Waals surface area contributed by atoms with Crippen molar-refractivity contribution in [3.05, 3.63) is 17.6 Å². The molecule has 1 aromatic rings. The standard InChI is InChI=1S/C11H14F3N3O2/c1-6-15-7(11(12,13)14)5-8(16-6)17-9(18)19-10(2,3)4/h5H,1-4H3,(H,15,16,17,18). The molecule has 19 heavy (non-hydrogen) atoms. The second kappa shape index (κ2) is 5.02. The van der Waals surface area contributed by atoms with Crippen LogP contribution in [0.4, 0.5) is 23.8 Å². The quantitative estimate of drug-likeness (QED) is 0.856. The molecule has 0 spiro atoms. The van der Waals surface area contributed by atoms with Gasteiger partial charge in [-0.05, 0) is 27.7 Å². The van der Waals surface area contributed by atoms with Gasteiger partial charge in [0.05, 0.1) is 0 Å². The van der Waals surface area contributed by atoms with Crippen molar-refractivity contribution < 1.29 is 22.7 Å². The van der Waals surface area contributed by atoms with Crippen molar-refractivity contribution in [3.63, 3.8) is 0 Å². The zero-order valence-electron chi connectivity index (χ0n) is 10.9. The van der Waals surface area contributed by atoms with Gasteiger partial charge in [-0.3, -0.25) is 5.32 Å². The number of halogens is 3. The number of hydrogen-bond acceptors (Lipinski definition) is 4. The molecular formula is C11H14F3N3O2. The van der Waals surface area contributed by atoms with Gasteiger partial charge in [-0.15, -0.1) is 0 Å². The van der Waals surface area contributed by atoms with Crippen LogP contribution in [0.15, 0.2) is 6.07 Å². The van der Waals surface area contributed by atoms with E-state index < -0.39 is 23.6 Å². The summed E-state index contributed by atoms with van der Waals surface area (Å²) in [7, 11) is 0. The van der Waals surface area contributed by atoms with Gasteiger partial charge in [0.1, 0.15) is 22.9 Å². The summed E-state index contributed by atoms with van der Waals surface area (Å²) in [6, 6.07) is 0.650. The molecule has 0 unspecified atom stereocenters. The molecule has 1 amide bonds. The van der Waals surface area contributed by atoms with Crippen LogP contribution in [-0.2, 0) is 10.9 Å². The van der Waals surface area contributed by atoms with Gasteiger partial charge in [-0.2, -0.15) is 13.2 Å². The maximum Gasteiger partial charge on any atom is 0.433 e. The minimum atomic E-state index is -4.60. The number of carbonyl (C=O) groups excluding carboxylic acids is 1. The molecule has 8 heteroatoms. The van der Waals surface area contributed by atoms with Crippen LogP contribution < -0.4 is 5.32 Å². The molecule has 0 atom stereocenters. The lowest BCUT2D eigenvalue weighted by Crippen LogP contribution is -2.27. The van der Waals surface area contributed by atoms with Gasteiger partial charge in [-0.1, -0.05) is 0 Å². The van der Waals surface area contributed by atoms with Gasteiger partial charge in [-0.25, -0.2) is 14.8 Å². The molecule has 0 saturated carbocycles. The Kier molecular flexibility index (Phi) is 4.02. The van der Waals surface area contributed by atoms with E-state index in [2.05, 4.69) is 15.3 Å². The average molecular weight is 277 g/mol. The third-order valence-corrected chi connectivity index (χ3v) is 1.76. The number of aryl methyl sites for hydroxylation is 1. The topological polar surface area (TPSA) is 64.1 Å². The highest BCUT2D eigenvalue weighted by Gasteiger charge is 2.33. The van der Waals surface area contributed by atoms with Crippen molar-refractivity contribution in [3.8, 4) is 0 Å². The fraction of sp³-hybridized carbons (Fsp3) is 0.545. The lowest BCUT2D eigenvalue weighted by molar-refractivity contribution is -0.141. The molecule has 0 aliphatic rings. The van der Waals surface area contributed by atoms with Crippen LogP contribution in [0.3, 0.4) is 0 Å². The Morgan fingerprint density at radius 2 is 1.84 bits per heavy atom. The molecular weight excluding hydrogens is 263 g/mol. The number of alkyl halides is 3. The normalized spacial score (nSPS) is 12.2. The molecule has 1 aromatic heterocycles. The number of carbonyl (C=O) groups is 1. The minimum absolute atomic E-state index is 0.0964. The molecule has 0 radical (unpaired) electrons. The van der Waals surface area contributed by atoms with Crippen LogP contribution >= 0.6 is 0 Å². The van der Waals surface area contributed by atoms with Gasteiger partial charge in [0.25, 0.3) is 0 Å². The van der Waals surface area contributed by atoms with E-state index in [0.29, 0.717) is 6.07 Å². The molecule has 1 heterocycles. The van der Waals surface area contributed by atoms with Crippen molar-refractivity contribution in [2.75, 3.05) is 5.32 Å². The minimum Gasteiger partial charge on any atom is -0.444 e. The zero-order valence-corrected chi connectivity index (χ0v) is 10.9. The van der Waals surface area contributed by atoms with E-state index >= 15 is 0 Å². The Balaban J connectivity index is 2.91. The van der Waals surface area contributed by atoms with Crippen LogP contribution in [0.5, 0.6) is 0 Å². The van der Waals surface area contributed by atoms with Gasteiger partial charge < -0.3 is 4.74 Å². The lowest BCUT2D eigenvalue weighted by atomic mass is 10.2. The van der Waals surface area contributed by atoms with Crippen LogP contribution in [0, 0.1) is 6.92 Å². The molecule has 0 saturated heterocycles. The highest BCUT2D eigenvalue weighted by molar-refractivity contribution is 5.83. The fourth-order valence-electron chi connectivity index (χ4n) is 1.19. The summed E-state index contributed by atoms with van der Waals surface area (Å²) < 4.78 is 42.5. The molecule has 0 bridgehead atoms. The average Bonchev–Trinajstić information content (AvgIpc) is 2.11. The summed E-state index contributed by atoms with van der Waals surface area (Å²) >= 11 is 0. The van der Waals surface area contributed by atoms with Crippen molar-refractivity contribution in [1.82, 2.24) is 9.97 Å². The van der Waals surface area contributed by atoms with E-state index in [-0.39, 0.29) is 11.6 Å². The Bertz CT molecular complexity index is 481. The SMILES string of the molecule is Cc1nc(NC(=O)OC(C)(C)C)cc(C(F)(F)F)n1. The van der Waals surface area contributed by atoms with Crippen molar-refractivity contribution >= 4 is 11.9 Å². The number of nitrogens with zero attached hydrogens (tertiary/aromatic N) is 2. The molecule has 1 rings (SSSR count). The van der Waals surface area contributed by atoms with Crippen molar-refractivity contribution in [2.24, 2.45) is 0 Å². The fourth-order valence-corrected chi connectivity index (χ4v) is 1.19. The summed E-state index contributed by atoms with van der Waals surface area (Å²) in [4.78, 5) is 18.4. The zero-order chi connectivity index (χ0) is 14.8. The van der Waals surface area contributed by atoms with Crippen molar-refractivity contribution in [1.29, 1.82) is 0 Å². The van der Waals surface area contributed by atoms with E-state index in [1.807, 2.05) is 0 Å². The summed E-state index contributed by atoms with van der Waals surface area (Å²) in [5, 5.41) is 2.14. The largest absolute Gasteiger partial charge is 0.444 e. The monoisotopic (exact) mass is 277 g/mol. The molecule has 1 N–H and O–H groups in total. The molecule has 0 fully saturated rings. The van der Waals surface area contributed by atoms with E-state index in [9.17, 15) is 18.0 Å². The predicted molar refractivity (Wildman–Crippen MR) is 61.6 cm³/mol. The molecule has 5 nitrogen and oxygen atoms in total. The van der Waals surface area contributed by atoms with Gasteiger partial charge in [0, 0.05) is 6.07 Å².